The minimum absolute atomic E-state index is 0.0646. The first-order valence-corrected chi connectivity index (χ1v) is 10.4. The third-order valence-corrected chi connectivity index (χ3v) is 5.25. The van der Waals surface area contributed by atoms with E-state index in [9.17, 15) is 22.8 Å². The first-order valence-electron chi connectivity index (χ1n) is 10.4. The molecular weight excluding hydrogens is 443 g/mol. The lowest BCUT2D eigenvalue weighted by Crippen LogP contribution is -2.14. The third kappa shape index (κ3) is 5.23. The Kier molecular flexibility index (Phi) is 6.06. The number of aryl methyl sites for hydroxylation is 2. The van der Waals surface area contributed by atoms with E-state index in [1.54, 1.807) is 24.4 Å². The van der Waals surface area contributed by atoms with Crippen molar-refractivity contribution in [3.8, 4) is 0 Å². The summed E-state index contributed by atoms with van der Waals surface area (Å²) in [6.45, 7) is 3.42. The van der Waals surface area contributed by atoms with Gasteiger partial charge in [0.15, 0.2) is 0 Å². The zero-order valence-corrected chi connectivity index (χ0v) is 18.3. The van der Waals surface area contributed by atoms with Gasteiger partial charge in [0.05, 0.1) is 5.56 Å². The second kappa shape index (κ2) is 8.97. The van der Waals surface area contributed by atoms with E-state index in [-0.39, 0.29) is 11.1 Å². The first kappa shape index (κ1) is 23.0. The van der Waals surface area contributed by atoms with Crippen LogP contribution in [-0.2, 0) is 6.18 Å². The number of halogens is 3. The number of carbonyl (C=O) groups is 1. The predicted molar refractivity (Wildman–Crippen MR) is 127 cm³/mol. The van der Waals surface area contributed by atoms with Crippen LogP contribution in [0.5, 0.6) is 0 Å². The predicted octanol–water partition coefficient (Wildman–Crippen LogP) is 5.98. The van der Waals surface area contributed by atoms with E-state index in [2.05, 4.69) is 15.3 Å². The molecule has 0 spiro atoms. The number of benzene rings is 2. The molecule has 2 aromatic carbocycles. The minimum Gasteiger partial charge on any atom is -0.322 e. The Labute approximate surface area is 193 Å². The van der Waals surface area contributed by atoms with Crippen LogP contribution in [-0.4, -0.2) is 15.9 Å². The van der Waals surface area contributed by atoms with Crippen molar-refractivity contribution in [2.75, 3.05) is 5.32 Å². The van der Waals surface area contributed by atoms with Gasteiger partial charge < -0.3 is 10.3 Å². The van der Waals surface area contributed by atoms with Gasteiger partial charge in [-0.25, -0.2) is 4.98 Å². The molecule has 0 aliphatic carbocycles. The van der Waals surface area contributed by atoms with Crippen LogP contribution in [0.25, 0.3) is 23.2 Å². The fourth-order valence-electron chi connectivity index (χ4n) is 3.51. The average molecular weight is 463 g/mol. The average Bonchev–Trinajstić information content (AvgIpc) is 2.78. The van der Waals surface area contributed by atoms with Gasteiger partial charge in [-0.1, -0.05) is 18.2 Å². The van der Waals surface area contributed by atoms with E-state index in [1.165, 1.54) is 19.1 Å². The summed E-state index contributed by atoms with van der Waals surface area (Å²) in [5, 5.41) is 3.46. The maximum atomic E-state index is 13.1. The monoisotopic (exact) mass is 463 g/mol. The van der Waals surface area contributed by atoms with Gasteiger partial charge in [0.1, 0.15) is 5.65 Å². The van der Waals surface area contributed by atoms with Crippen LogP contribution < -0.4 is 10.9 Å². The van der Waals surface area contributed by atoms with Gasteiger partial charge in [0.25, 0.3) is 5.91 Å². The van der Waals surface area contributed by atoms with Gasteiger partial charge >= 0.3 is 6.18 Å². The lowest BCUT2D eigenvalue weighted by atomic mass is 10.0. The Hall–Kier alpha value is -4.20. The topological polar surface area (TPSA) is 74.8 Å². The van der Waals surface area contributed by atoms with Crippen LogP contribution in [0.4, 0.5) is 18.9 Å². The van der Waals surface area contributed by atoms with Crippen molar-refractivity contribution in [2.24, 2.45) is 0 Å². The number of amides is 1. The highest BCUT2D eigenvalue weighted by Gasteiger charge is 2.31. The van der Waals surface area contributed by atoms with Crippen molar-refractivity contribution < 1.29 is 18.0 Å². The van der Waals surface area contributed by atoms with E-state index in [1.807, 2.05) is 31.2 Å². The lowest BCUT2D eigenvalue weighted by molar-refractivity contribution is -0.137. The van der Waals surface area contributed by atoms with Gasteiger partial charge in [-0.15, -0.1) is 0 Å². The smallest absolute Gasteiger partial charge is 0.322 e. The maximum absolute atomic E-state index is 13.1. The summed E-state index contributed by atoms with van der Waals surface area (Å²) < 4.78 is 39.3. The van der Waals surface area contributed by atoms with Crippen LogP contribution in [0.15, 0.2) is 65.6 Å². The third-order valence-electron chi connectivity index (χ3n) is 5.25. The summed E-state index contributed by atoms with van der Waals surface area (Å²) in [4.78, 5) is 31.0. The molecule has 0 aliphatic rings. The van der Waals surface area contributed by atoms with Gasteiger partial charge in [0.2, 0.25) is 5.56 Å². The fourth-order valence-corrected chi connectivity index (χ4v) is 3.51. The van der Waals surface area contributed by atoms with Crippen molar-refractivity contribution in [1.82, 2.24) is 9.97 Å². The number of pyridine rings is 2. The number of aromatic amines is 1. The van der Waals surface area contributed by atoms with E-state index >= 15 is 0 Å². The van der Waals surface area contributed by atoms with Gasteiger partial charge in [-0.05, 0) is 78.6 Å². The zero-order valence-electron chi connectivity index (χ0n) is 18.3. The highest BCUT2D eigenvalue weighted by Crippen LogP contribution is 2.31. The number of hydrogen-bond acceptors (Lipinski definition) is 3. The number of hydrogen-bond donors (Lipinski definition) is 2. The molecule has 0 saturated heterocycles. The lowest BCUT2D eigenvalue weighted by Gasteiger charge is -2.12. The second-order valence-corrected chi connectivity index (χ2v) is 7.97. The number of aromatic nitrogens is 2. The molecule has 1 amide bonds. The standard InChI is InChI=1S/C26H20F3N3O2/c1-15-9-20(12-21(10-15)26(27,28)29)25(34)31-22-7-3-16(2)18(13-22)5-4-17-11-19-6-8-23(33)32-24(19)30-14-17/h3-14H,1-2H3,(H,31,34)(H,30,32,33)/b5-4+. The number of carbonyl (C=O) groups excluding carboxylic acids is 1. The summed E-state index contributed by atoms with van der Waals surface area (Å²) in [5.41, 5.74) is 2.73. The van der Waals surface area contributed by atoms with Crippen molar-refractivity contribution in [3.63, 3.8) is 0 Å². The van der Waals surface area contributed by atoms with E-state index in [0.29, 0.717) is 16.9 Å². The van der Waals surface area contributed by atoms with Gasteiger partial charge in [-0.2, -0.15) is 13.2 Å². The molecule has 4 aromatic rings. The molecule has 2 N–H and O–H groups in total. The Bertz CT molecular complexity index is 1490. The molecule has 34 heavy (non-hydrogen) atoms. The maximum Gasteiger partial charge on any atom is 0.416 e. The Morgan fingerprint density at radius 1 is 1.00 bits per heavy atom. The summed E-state index contributed by atoms with van der Waals surface area (Å²) >= 11 is 0. The van der Waals surface area contributed by atoms with Crippen LogP contribution in [0.3, 0.4) is 0 Å². The molecule has 5 nitrogen and oxygen atoms in total. The van der Waals surface area contributed by atoms with E-state index in [4.69, 9.17) is 0 Å². The van der Waals surface area contributed by atoms with Crippen LogP contribution in [0, 0.1) is 13.8 Å². The van der Waals surface area contributed by atoms with E-state index < -0.39 is 17.6 Å². The highest BCUT2D eigenvalue weighted by atomic mass is 19.4. The number of rotatable bonds is 4. The molecule has 2 heterocycles. The quantitative estimate of drug-likeness (QED) is 0.391. The molecule has 0 fully saturated rings. The minimum atomic E-state index is -4.53. The summed E-state index contributed by atoms with van der Waals surface area (Å²) in [6, 6.07) is 13.5. The van der Waals surface area contributed by atoms with Gasteiger partial charge in [-0.3, -0.25) is 9.59 Å². The fraction of sp³-hybridized carbons (Fsp3) is 0.115. The zero-order chi connectivity index (χ0) is 24.5. The Balaban J connectivity index is 1.57. The van der Waals surface area contributed by atoms with Crippen LogP contribution in [0.1, 0.15) is 38.2 Å². The number of H-pyrrole nitrogens is 1. The molecule has 0 aliphatic heterocycles. The highest BCUT2D eigenvalue weighted by molar-refractivity contribution is 6.04. The Morgan fingerprint density at radius 2 is 1.79 bits per heavy atom. The van der Waals surface area contributed by atoms with E-state index in [0.717, 1.165) is 34.2 Å². The van der Waals surface area contributed by atoms with Gasteiger partial charge in [0, 0.05) is 28.9 Å². The molecule has 0 atom stereocenters. The van der Waals surface area contributed by atoms with Crippen molar-refractivity contribution in [3.05, 3.63) is 105 Å². The summed E-state index contributed by atoms with van der Waals surface area (Å²) in [7, 11) is 0. The largest absolute Gasteiger partial charge is 0.416 e. The molecule has 0 saturated carbocycles. The molecule has 0 bridgehead atoms. The van der Waals surface area contributed by atoms with Crippen molar-refractivity contribution >= 4 is 34.8 Å². The SMILES string of the molecule is Cc1cc(C(=O)Nc2ccc(C)c(/C=C/c3cnc4[nH]c(=O)ccc4c3)c2)cc(C(F)(F)F)c1. The summed E-state index contributed by atoms with van der Waals surface area (Å²) in [6.07, 6.45) is 0.803. The molecule has 4 rings (SSSR count). The molecular formula is C26H20F3N3O2. The second-order valence-electron chi connectivity index (χ2n) is 7.97. The number of nitrogens with zero attached hydrogens (tertiary/aromatic N) is 1. The molecule has 2 aromatic heterocycles. The Morgan fingerprint density at radius 3 is 2.56 bits per heavy atom. The van der Waals surface area contributed by atoms with Crippen molar-refractivity contribution in [1.29, 1.82) is 0 Å². The van der Waals surface area contributed by atoms with Crippen LogP contribution in [0.2, 0.25) is 0 Å². The normalized spacial score (nSPS) is 11.8. The molecule has 0 radical (unpaired) electrons. The molecule has 172 valence electrons. The van der Waals surface area contributed by atoms with Crippen LogP contribution >= 0.6 is 0 Å². The number of nitrogens with one attached hydrogen (secondary N) is 2. The first-order chi connectivity index (χ1) is 16.1. The molecule has 8 heteroatoms. The number of fused-ring (bicyclic) bond motifs is 1. The summed E-state index contributed by atoms with van der Waals surface area (Å²) in [5.74, 6) is -0.624. The molecule has 0 unspecified atom stereocenters. The van der Waals surface area contributed by atoms with Crippen molar-refractivity contribution in [2.45, 2.75) is 20.0 Å². The number of alkyl halides is 3. The number of anilines is 1.